The third kappa shape index (κ3) is 5.46. The largest absolute Gasteiger partial charge is 0.451 e. The molecule has 1 atom stereocenters. The van der Waals surface area contributed by atoms with E-state index in [1.54, 1.807) is 48.5 Å². The first-order valence-corrected chi connectivity index (χ1v) is 13.7. The van der Waals surface area contributed by atoms with Crippen molar-refractivity contribution in [2.24, 2.45) is 0 Å². The molecular formula is C26H21Cl2NO6S. The lowest BCUT2D eigenvalue weighted by atomic mass is 10.0. The van der Waals surface area contributed by atoms with Crippen LogP contribution in [0.5, 0.6) is 0 Å². The van der Waals surface area contributed by atoms with Crippen molar-refractivity contribution in [2.75, 3.05) is 12.0 Å². The highest BCUT2D eigenvalue weighted by atomic mass is 35.5. The minimum absolute atomic E-state index is 0.0192. The van der Waals surface area contributed by atoms with Gasteiger partial charge in [-0.15, -0.1) is 0 Å². The third-order valence-electron chi connectivity index (χ3n) is 5.74. The van der Waals surface area contributed by atoms with Crippen molar-refractivity contribution in [3.05, 3.63) is 105 Å². The standard InChI is InChI=1S/C26H21Cl2NO6S/c1-36(33,34)13-12-22(29-24(30)18-14-20(27)21(28)15-19(18)25(29)31)26(32)35-23(16-8-4-2-5-9-16)17-10-6-3-7-11-17/h2-11,14-15,22-23H,12-13H2,1H3/t22-/m0/s1. The molecular weight excluding hydrogens is 525 g/mol. The number of ether oxygens (including phenoxy) is 1. The highest BCUT2D eigenvalue weighted by Gasteiger charge is 2.44. The number of fused-ring (bicyclic) bond motifs is 1. The van der Waals surface area contributed by atoms with E-state index >= 15 is 0 Å². The molecule has 10 heteroatoms. The molecule has 2 amide bonds. The number of imide groups is 1. The van der Waals surface area contributed by atoms with Crippen LogP contribution in [-0.4, -0.2) is 49.2 Å². The molecule has 0 unspecified atom stereocenters. The smallest absolute Gasteiger partial charge is 0.330 e. The van der Waals surface area contributed by atoms with Crippen LogP contribution in [0.25, 0.3) is 0 Å². The molecule has 186 valence electrons. The number of rotatable bonds is 8. The van der Waals surface area contributed by atoms with Gasteiger partial charge in [0.15, 0.2) is 6.10 Å². The molecule has 0 aromatic heterocycles. The first kappa shape index (κ1) is 25.9. The Hall–Kier alpha value is -3.20. The lowest BCUT2D eigenvalue weighted by Gasteiger charge is -2.27. The van der Waals surface area contributed by atoms with Gasteiger partial charge in [-0.2, -0.15) is 0 Å². The maximum atomic E-state index is 13.6. The van der Waals surface area contributed by atoms with Gasteiger partial charge in [-0.3, -0.25) is 14.5 Å². The van der Waals surface area contributed by atoms with E-state index < -0.39 is 45.5 Å². The molecule has 3 aromatic carbocycles. The maximum absolute atomic E-state index is 13.6. The first-order chi connectivity index (χ1) is 17.1. The van der Waals surface area contributed by atoms with E-state index in [4.69, 9.17) is 27.9 Å². The summed E-state index contributed by atoms with van der Waals surface area (Å²) in [4.78, 5) is 40.7. The number of hydrogen-bond donors (Lipinski definition) is 0. The Labute approximate surface area is 218 Å². The fourth-order valence-electron chi connectivity index (χ4n) is 3.99. The van der Waals surface area contributed by atoms with E-state index in [1.165, 1.54) is 12.1 Å². The maximum Gasteiger partial charge on any atom is 0.330 e. The SMILES string of the molecule is CS(=O)(=O)CC[C@@H](C(=O)OC(c1ccccc1)c1ccccc1)N1C(=O)c2cc(Cl)c(Cl)cc2C1=O. The summed E-state index contributed by atoms with van der Waals surface area (Å²) < 4.78 is 29.7. The van der Waals surface area contributed by atoms with E-state index in [0.717, 1.165) is 11.2 Å². The molecule has 1 heterocycles. The molecule has 0 N–H and O–H groups in total. The Morgan fingerprint density at radius 3 is 1.72 bits per heavy atom. The zero-order valence-corrected chi connectivity index (χ0v) is 21.4. The second-order valence-electron chi connectivity index (χ2n) is 8.36. The van der Waals surface area contributed by atoms with Crippen molar-refractivity contribution < 1.29 is 27.5 Å². The van der Waals surface area contributed by atoms with E-state index in [2.05, 4.69) is 0 Å². The lowest BCUT2D eigenvalue weighted by molar-refractivity contribution is -0.152. The van der Waals surface area contributed by atoms with Crippen molar-refractivity contribution in [1.82, 2.24) is 4.90 Å². The topological polar surface area (TPSA) is 97.8 Å². The summed E-state index contributed by atoms with van der Waals surface area (Å²) in [5.74, 6) is -2.91. The predicted octanol–water partition coefficient (Wildman–Crippen LogP) is 4.73. The lowest BCUT2D eigenvalue weighted by Crippen LogP contribution is -2.46. The molecule has 0 radical (unpaired) electrons. The van der Waals surface area contributed by atoms with Crippen molar-refractivity contribution >= 4 is 50.8 Å². The highest BCUT2D eigenvalue weighted by Crippen LogP contribution is 2.34. The van der Waals surface area contributed by atoms with Gasteiger partial charge >= 0.3 is 5.97 Å². The van der Waals surface area contributed by atoms with Crippen LogP contribution in [-0.2, 0) is 19.4 Å². The van der Waals surface area contributed by atoms with Crippen molar-refractivity contribution in [2.45, 2.75) is 18.6 Å². The van der Waals surface area contributed by atoms with Gasteiger partial charge in [0, 0.05) is 6.26 Å². The number of carbonyl (C=O) groups is 3. The molecule has 3 aromatic rings. The average Bonchev–Trinajstić information content (AvgIpc) is 3.08. The Kier molecular flexibility index (Phi) is 7.49. The molecule has 0 bridgehead atoms. The molecule has 0 aliphatic carbocycles. The summed E-state index contributed by atoms with van der Waals surface area (Å²) in [6.07, 6.45) is -0.172. The van der Waals surface area contributed by atoms with Crippen LogP contribution in [0.2, 0.25) is 10.0 Å². The second-order valence-corrected chi connectivity index (χ2v) is 11.4. The third-order valence-corrected chi connectivity index (χ3v) is 7.44. The van der Waals surface area contributed by atoms with Crippen molar-refractivity contribution in [3.63, 3.8) is 0 Å². The summed E-state index contributed by atoms with van der Waals surface area (Å²) in [6.45, 7) is 0. The number of esters is 1. The number of sulfone groups is 1. The van der Waals surface area contributed by atoms with Crippen molar-refractivity contribution in [3.8, 4) is 0 Å². The van der Waals surface area contributed by atoms with Crippen LogP contribution in [0, 0.1) is 0 Å². The van der Waals surface area contributed by atoms with Gasteiger partial charge in [0.1, 0.15) is 15.9 Å². The predicted molar refractivity (Wildman–Crippen MR) is 136 cm³/mol. The Bertz CT molecular complexity index is 1350. The fraction of sp³-hybridized carbons (Fsp3) is 0.192. The molecule has 1 aliphatic rings. The van der Waals surface area contributed by atoms with Gasteiger partial charge in [-0.25, -0.2) is 13.2 Å². The van der Waals surface area contributed by atoms with E-state index in [0.29, 0.717) is 11.1 Å². The zero-order chi connectivity index (χ0) is 26.0. The Morgan fingerprint density at radius 2 is 1.31 bits per heavy atom. The van der Waals surface area contributed by atoms with Crippen molar-refractivity contribution in [1.29, 1.82) is 0 Å². The first-order valence-electron chi connectivity index (χ1n) is 10.9. The van der Waals surface area contributed by atoms with Crippen LogP contribution in [0.1, 0.15) is 44.4 Å². The Balaban J connectivity index is 1.71. The summed E-state index contributed by atoms with van der Waals surface area (Å²) in [7, 11) is -3.53. The summed E-state index contributed by atoms with van der Waals surface area (Å²) in [5.41, 5.74) is 1.29. The van der Waals surface area contributed by atoms with E-state index in [9.17, 15) is 22.8 Å². The zero-order valence-electron chi connectivity index (χ0n) is 19.1. The number of carbonyl (C=O) groups excluding carboxylic acids is 3. The second kappa shape index (κ2) is 10.4. The summed E-state index contributed by atoms with van der Waals surface area (Å²) >= 11 is 12.1. The van der Waals surface area contributed by atoms with Gasteiger partial charge in [0.05, 0.1) is 26.9 Å². The molecule has 36 heavy (non-hydrogen) atoms. The van der Waals surface area contributed by atoms with Crippen LogP contribution in [0.3, 0.4) is 0 Å². The van der Waals surface area contributed by atoms with Gasteiger partial charge in [0.25, 0.3) is 11.8 Å². The molecule has 0 saturated carbocycles. The molecule has 0 spiro atoms. The molecule has 0 saturated heterocycles. The number of hydrogen-bond acceptors (Lipinski definition) is 6. The quantitative estimate of drug-likeness (QED) is 0.300. The molecule has 7 nitrogen and oxygen atoms in total. The molecule has 0 fully saturated rings. The van der Waals surface area contributed by atoms with Gasteiger partial charge < -0.3 is 4.74 Å². The van der Waals surface area contributed by atoms with E-state index in [-0.39, 0.29) is 27.6 Å². The van der Waals surface area contributed by atoms with E-state index in [1.807, 2.05) is 12.1 Å². The molecule has 1 aliphatic heterocycles. The molecule has 4 rings (SSSR count). The monoisotopic (exact) mass is 545 g/mol. The van der Waals surface area contributed by atoms with Gasteiger partial charge in [-0.1, -0.05) is 83.9 Å². The number of nitrogens with zero attached hydrogens (tertiary/aromatic N) is 1. The fourth-order valence-corrected chi connectivity index (χ4v) is 4.97. The highest BCUT2D eigenvalue weighted by molar-refractivity contribution is 7.90. The number of halogens is 2. The van der Waals surface area contributed by atoms with Crippen LogP contribution >= 0.6 is 23.2 Å². The minimum Gasteiger partial charge on any atom is -0.451 e. The minimum atomic E-state index is -3.53. The summed E-state index contributed by atoms with van der Waals surface area (Å²) in [6, 6.07) is 18.9. The van der Waals surface area contributed by atoms with Crippen LogP contribution in [0.4, 0.5) is 0 Å². The average molecular weight is 546 g/mol. The van der Waals surface area contributed by atoms with Gasteiger partial charge in [-0.05, 0) is 29.7 Å². The van der Waals surface area contributed by atoms with Crippen LogP contribution < -0.4 is 0 Å². The summed E-state index contributed by atoms with van der Waals surface area (Å²) in [5, 5.41) is 0.142. The Morgan fingerprint density at radius 1 is 0.861 bits per heavy atom. The number of amides is 2. The number of benzene rings is 3. The normalized spacial score (nSPS) is 14.2. The van der Waals surface area contributed by atoms with Gasteiger partial charge in [0.2, 0.25) is 0 Å². The van der Waals surface area contributed by atoms with Crippen LogP contribution in [0.15, 0.2) is 72.8 Å².